The average Bonchev–Trinajstić information content (AvgIpc) is 2.47. The summed E-state index contributed by atoms with van der Waals surface area (Å²) in [5.74, 6) is -1.03. The van der Waals surface area contributed by atoms with Crippen LogP contribution in [0, 0.1) is 5.82 Å². The lowest BCUT2D eigenvalue weighted by atomic mass is 10.1. The number of nitrogens with one attached hydrogen (secondary N) is 1. The van der Waals surface area contributed by atoms with Crippen LogP contribution in [0.3, 0.4) is 0 Å². The van der Waals surface area contributed by atoms with E-state index in [1.54, 1.807) is 6.07 Å². The molecular formula is C15H14BrFN2O. The SMILES string of the molecule is NC(CNC(=O)c1cc(Br)ccc1F)c1ccccc1. The molecule has 0 bridgehead atoms. The quantitative estimate of drug-likeness (QED) is 0.901. The summed E-state index contributed by atoms with van der Waals surface area (Å²) < 4.78 is 14.2. The Hall–Kier alpha value is -1.72. The first-order valence-electron chi connectivity index (χ1n) is 6.11. The highest BCUT2D eigenvalue weighted by atomic mass is 79.9. The van der Waals surface area contributed by atoms with Gasteiger partial charge in [0.05, 0.1) is 5.56 Å². The molecule has 20 heavy (non-hydrogen) atoms. The van der Waals surface area contributed by atoms with Gasteiger partial charge in [0.25, 0.3) is 5.91 Å². The monoisotopic (exact) mass is 336 g/mol. The maximum atomic E-state index is 13.6. The molecule has 104 valence electrons. The van der Waals surface area contributed by atoms with Crippen molar-refractivity contribution in [1.82, 2.24) is 5.32 Å². The summed E-state index contributed by atoms with van der Waals surface area (Å²) in [6, 6.07) is 13.3. The number of carbonyl (C=O) groups excluding carboxylic acids is 1. The second kappa shape index (κ2) is 6.63. The predicted octanol–water partition coefficient (Wildman–Crippen LogP) is 3.02. The van der Waals surface area contributed by atoms with Crippen molar-refractivity contribution in [3.05, 3.63) is 69.9 Å². The summed E-state index contributed by atoms with van der Waals surface area (Å²) >= 11 is 3.21. The van der Waals surface area contributed by atoms with E-state index in [1.807, 2.05) is 30.3 Å². The first kappa shape index (κ1) is 14.7. The molecule has 0 fully saturated rings. The Bertz CT molecular complexity index is 604. The molecular weight excluding hydrogens is 323 g/mol. The van der Waals surface area contributed by atoms with Crippen LogP contribution < -0.4 is 11.1 Å². The number of benzene rings is 2. The first-order valence-corrected chi connectivity index (χ1v) is 6.91. The third kappa shape index (κ3) is 3.65. The van der Waals surface area contributed by atoms with Gasteiger partial charge in [0.1, 0.15) is 5.82 Å². The van der Waals surface area contributed by atoms with Crippen molar-refractivity contribution in [2.75, 3.05) is 6.54 Å². The Morgan fingerprint density at radius 1 is 1.25 bits per heavy atom. The van der Waals surface area contributed by atoms with Crippen LogP contribution in [0.2, 0.25) is 0 Å². The largest absolute Gasteiger partial charge is 0.350 e. The van der Waals surface area contributed by atoms with Gasteiger partial charge in [-0.25, -0.2) is 4.39 Å². The van der Waals surface area contributed by atoms with Crippen LogP contribution in [0.4, 0.5) is 4.39 Å². The minimum absolute atomic E-state index is 0.000336. The fraction of sp³-hybridized carbons (Fsp3) is 0.133. The van der Waals surface area contributed by atoms with Crippen LogP contribution in [0.5, 0.6) is 0 Å². The summed E-state index contributed by atoms with van der Waals surface area (Å²) in [6.07, 6.45) is 0. The van der Waals surface area contributed by atoms with E-state index in [0.29, 0.717) is 4.47 Å². The normalized spacial score (nSPS) is 11.9. The highest BCUT2D eigenvalue weighted by molar-refractivity contribution is 9.10. The van der Waals surface area contributed by atoms with Gasteiger partial charge < -0.3 is 11.1 Å². The van der Waals surface area contributed by atoms with Crippen molar-refractivity contribution in [2.45, 2.75) is 6.04 Å². The molecule has 1 amide bonds. The number of halogens is 2. The molecule has 0 aliphatic heterocycles. The molecule has 2 aromatic rings. The lowest BCUT2D eigenvalue weighted by Crippen LogP contribution is -2.32. The zero-order valence-corrected chi connectivity index (χ0v) is 12.2. The topological polar surface area (TPSA) is 55.1 Å². The molecule has 2 rings (SSSR count). The van der Waals surface area contributed by atoms with E-state index >= 15 is 0 Å². The zero-order valence-electron chi connectivity index (χ0n) is 10.6. The van der Waals surface area contributed by atoms with Crippen molar-refractivity contribution >= 4 is 21.8 Å². The van der Waals surface area contributed by atoms with Gasteiger partial charge >= 0.3 is 0 Å². The van der Waals surface area contributed by atoms with Crippen molar-refractivity contribution in [3.8, 4) is 0 Å². The summed E-state index contributed by atoms with van der Waals surface area (Å²) in [7, 11) is 0. The molecule has 1 unspecified atom stereocenters. The highest BCUT2D eigenvalue weighted by Gasteiger charge is 2.13. The molecule has 0 aliphatic carbocycles. The van der Waals surface area contributed by atoms with E-state index in [2.05, 4.69) is 21.2 Å². The fourth-order valence-electron chi connectivity index (χ4n) is 1.79. The van der Waals surface area contributed by atoms with Gasteiger partial charge in [-0.2, -0.15) is 0 Å². The van der Waals surface area contributed by atoms with E-state index in [1.165, 1.54) is 12.1 Å². The number of nitrogens with two attached hydrogens (primary N) is 1. The van der Waals surface area contributed by atoms with E-state index in [-0.39, 0.29) is 18.2 Å². The zero-order chi connectivity index (χ0) is 14.5. The molecule has 0 saturated carbocycles. The molecule has 5 heteroatoms. The molecule has 0 spiro atoms. The van der Waals surface area contributed by atoms with Crippen LogP contribution in [0.25, 0.3) is 0 Å². The lowest BCUT2D eigenvalue weighted by molar-refractivity contribution is 0.0947. The van der Waals surface area contributed by atoms with E-state index in [9.17, 15) is 9.18 Å². The summed E-state index contributed by atoms with van der Waals surface area (Å²) in [5, 5.41) is 2.64. The van der Waals surface area contributed by atoms with Crippen LogP contribution >= 0.6 is 15.9 Å². The third-order valence-corrected chi connectivity index (χ3v) is 3.38. The summed E-state index contributed by atoms with van der Waals surface area (Å²) in [5.41, 5.74) is 6.89. The first-order chi connectivity index (χ1) is 9.58. The molecule has 3 N–H and O–H groups in total. The van der Waals surface area contributed by atoms with Crippen LogP contribution in [0.1, 0.15) is 22.0 Å². The number of hydrogen-bond acceptors (Lipinski definition) is 2. The second-order valence-electron chi connectivity index (χ2n) is 4.35. The van der Waals surface area contributed by atoms with E-state index in [0.717, 1.165) is 5.56 Å². The second-order valence-corrected chi connectivity index (χ2v) is 5.27. The van der Waals surface area contributed by atoms with Gasteiger partial charge in [0.2, 0.25) is 0 Å². The average molecular weight is 337 g/mol. The molecule has 0 saturated heterocycles. The fourth-order valence-corrected chi connectivity index (χ4v) is 2.15. The Morgan fingerprint density at radius 2 is 1.95 bits per heavy atom. The molecule has 0 aliphatic rings. The maximum absolute atomic E-state index is 13.6. The summed E-state index contributed by atoms with van der Waals surface area (Å²) in [6.45, 7) is 0.245. The Morgan fingerprint density at radius 3 is 2.65 bits per heavy atom. The smallest absolute Gasteiger partial charge is 0.254 e. The van der Waals surface area contributed by atoms with Gasteiger partial charge in [-0.05, 0) is 23.8 Å². The van der Waals surface area contributed by atoms with Gasteiger partial charge in [-0.15, -0.1) is 0 Å². The van der Waals surface area contributed by atoms with Gasteiger partial charge in [0.15, 0.2) is 0 Å². The number of rotatable bonds is 4. The van der Waals surface area contributed by atoms with Crippen molar-refractivity contribution in [3.63, 3.8) is 0 Å². The third-order valence-electron chi connectivity index (χ3n) is 2.88. The van der Waals surface area contributed by atoms with Crippen molar-refractivity contribution < 1.29 is 9.18 Å². The number of hydrogen-bond donors (Lipinski definition) is 2. The van der Waals surface area contributed by atoms with E-state index in [4.69, 9.17) is 5.73 Å². The van der Waals surface area contributed by atoms with E-state index < -0.39 is 11.7 Å². The maximum Gasteiger partial charge on any atom is 0.254 e. The molecule has 0 aromatic heterocycles. The van der Waals surface area contributed by atoms with Gasteiger partial charge in [0, 0.05) is 17.1 Å². The Kier molecular flexibility index (Phi) is 4.87. The molecule has 2 aromatic carbocycles. The molecule has 3 nitrogen and oxygen atoms in total. The van der Waals surface area contributed by atoms with Crippen LogP contribution in [-0.2, 0) is 0 Å². The Labute approximate surface area is 125 Å². The minimum Gasteiger partial charge on any atom is -0.350 e. The van der Waals surface area contributed by atoms with Crippen LogP contribution in [-0.4, -0.2) is 12.5 Å². The van der Waals surface area contributed by atoms with Crippen molar-refractivity contribution in [1.29, 1.82) is 0 Å². The molecule has 0 heterocycles. The molecule has 1 atom stereocenters. The number of amides is 1. The molecule has 0 radical (unpaired) electrons. The number of carbonyl (C=O) groups is 1. The predicted molar refractivity (Wildman–Crippen MR) is 79.8 cm³/mol. The Balaban J connectivity index is 2.00. The van der Waals surface area contributed by atoms with Gasteiger partial charge in [-0.3, -0.25) is 4.79 Å². The van der Waals surface area contributed by atoms with Crippen molar-refractivity contribution in [2.24, 2.45) is 5.73 Å². The standard InChI is InChI=1S/C15H14BrFN2O/c16-11-6-7-13(17)12(8-11)15(20)19-9-14(18)10-4-2-1-3-5-10/h1-8,14H,9,18H2,(H,19,20). The minimum atomic E-state index is -0.556. The highest BCUT2D eigenvalue weighted by Crippen LogP contribution is 2.15. The summed E-state index contributed by atoms with van der Waals surface area (Å²) in [4.78, 5) is 11.9. The lowest BCUT2D eigenvalue weighted by Gasteiger charge is -2.13. The van der Waals surface area contributed by atoms with Gasteiger partial charge in [-0.1, -0.05) is 46.3 Å². The van der Waals surface area contributed by atoms with Crippen LogP contribution in [0.15, 0.2) is 53.0 Å².